The van der Waals surface area contributed by atoms with E-state index in [2.05, 4.69) is 9.97 Å². The Balaban J connectivity index is 2.12. The summed E-state index contributed by atoms with van der Waals surface area (Å²) in [6, 6.07) is 4.56. The highest BCUT2D eigenvalue weighted by atomic mass is 32.1. The molecule has 0 atom stereocenters. The number of aromatic carboxylic acids is 1. The number of aromatic amines is 1. The standard InChI is InChI=1S/C12H9N3O3S/c16-11(17)7-1-2-10-9(3-7)14-12(18)15(10)4-8-5-19-6-13-8/h1-3,5-6H,4H2,(H,14,18)(H,16,17). The minimum Gasteiger partial charge on any atom is -0.478 e. The fourth-order valence-electron chi connectivity index (χ4n) is 1.93. The van der Waals surface area contributed by atoms with Crippen LogP contribution in [0.25, 0.3) is 11.0 Å². The van der Waals surface area contributed by atoms with E-state index in [0.717, 1.165) is 5.69 Å². The first-order chi connectivity index (χ1) is 9.15. The van der Waals surface area contributed by atoms with Crippen LogP contribution >= 0.6 is 11.3 Å². The number of nitrogens with one attached hydrogen (secondary N) is 1. The molecule has 0 bridgehead atoms. The van der Waals surface area contributed by atoms with Crippen molar-refractivity contribution in [3.63, 3.8) is 0 Å². The molecule has 7 heteroatoms. The first-order valence-corrected chi connectivity index (χ1v) is 6.42. The highest BCUT2D eigenvalue weighted by molar-refractivity contribution is 7.07. The van der Waals surface area contributed by atoms with E-state index in [4.69, 9.17) is 5.11 Å². The number of fused-ring (bicyclic) bond motifs is 1. The number of hydrogen-bond donors (Lipinski definition) is 2. The van der Waals surface area contributed by atoms with Gasteiger partial charge in [-0.3, -0.25) is 4.57 Å². The molecule has 3 rings (SSSR count). The van der Waals surface area contributed by atoms with Gasteiger partial charge in [0.1, 0.15) is 0 Å². The lowest BCUT2D eigenvalue weighted by molar-refractivity contribution is 0.0697. The Hall–Kier alpha value is -2.41. The molecule has 0 aliphatic carbocycles. The molecule has 0 radical (unpaired) electrons. The summed E-state index contributed by atoms with van der Waals surface area (Å²) in [6.07, 6.45) is 0. The van der Waals surface area contributed by atoms with Gasteiger partial charge in [-0.05, 0) is 18.2 Å². The third kappa shape index (κ3) is 2.04. The number of benzene rings is 1. The van der Waals surface area contributed by atoms with E-state index < -0.39 is 5.97 Å². The summed E-state index contributed by atoms with van der Waals surface area (Å²) in [5.74, 6) is -1.02. The van der Waals surface area contributed by atoms with Crippen LogP contribution in [0.15, 0.2) is 33.9 Å². The van der Waals surface area contributed by atoms with Gasteiger partial charge in [0.25, 0.3) is 0 Å². The molecule has 0 unspecified atom stereocenters. The second-order valence-electron chi connectivity index (χ2n) is 4.03. The molecule has 0 amide bonds. The summed E-state index contributed by atoms with van der Waals surface area (Å²) >= 11 is 1.46. The van der Waals surface area contributed by atoms with Crippen LogP contribution in [0.5, 0.6) is 0 Å². The van der Waals surface area contributed by atoms with Crippen LogP contribution in [0.1, 0.15) is 16.1 Å². The Morgan fingerprint density at radius 2 is 2.32 bits per heavy atom. The lowest BCUT2D eigenvalue weighted by atomic mass is 10.2. The van der Waals surface area contributed by atoms with E-state index in [1.54, 1.807) is 11.6 Å². The third-order valence-corrected chi connectivity index (χ3v) is 3.46. The van der Waals surface area contributed by atoms with E-state index in [9.17, 15) is 9.59 Å². The quantitative estimate of drug-likeness (QED) is 0.758. The summed E-state index contributed by atoms with van der Waals surface area (Å²) < 4.78 is 1.54. The fourth-order valence-corrected chi connectivity index (χ4v) is 2.48. The topological polar surface area (TPSA) is 88.0 Å². The highest BCUT2D eigenvalue weighted by Gasteiger charge is 2.10. The van der Waals surface area contributed by atoms with Gasteiger partial charge >= 0.3 is 11.7 Å². The Morgan fingerprint density at radius 3 is 3.00 bits per heavy atom. The number of carboxylic acid groups (broad SMARTS) is 1. The van der Waals surface area contributed by atoms with E-state index in [1.807, 2.05) is 5.38 Å². The molecule has 2 N–H and O–H groups in total. The normalized spacial score (nSPS) is 10.9. The van der Waals surface area contributed by atoms with Crippen LogP contribution in [0.3, 0.4) is 0 Å². The molecule has 96 valence electrons. The van der Waals surface area contributed by atoms with Gasteiger partial charge in [-0.15, -0.1) is 11.3 Å². The van der Waals surface area contributed by atoms with Crippen molar-refractivity contribution in [3.8, 4) is 0 Å². The molecule has 0 spiro atoms. The zero-order chi connectivity index (χ0) is 13.4. The molecule has 1 aromatic carbocycles. The van der Waals surface area contributed by atoms with Crippen LogP contribution in [-0.2, 0) is 6.54 Å². The minimum absolute atomic E-state index is 0.148. The minimum atomic E-state index is -1.02. The smallest absolute Gasteiger partial charge is 0.335 e. The molecule has 0 fully saturated rings. The van der Waals surface area contributed by atoms with Crippen molar-refractivity contribution in [3.05, 3.63) is 50.8 Å². The second-order valence-corrected chi connectivity index (χ2v) is 4.75. The van der Waals surface area contributed by atoms with Crippen molar-refractivity contribution < 1.29 is 9.90 Å². The maximum Gasteiger partial charge on any atom is 0.335 e. The molecule has 3 aromatic rings. The monoisotopic (exact) mass is 275 g/mol. The van der Waals surface area contributed by atoms with E-state index in [0.29, 0.717) is 17.6 Å². The number of thiazole rings is 1. The largest absolute Gasteiger partial charge is 0.478 e. The van der Waals surface area contributed by atoms with Crippen molar-refractivity contribution in [1.29, 1.82) is 0 Å². The number of rotatable bonds is 3. The van der Waals surface area contributed by atoms with Gasteiger partial charge in [0.15, 0.2) is 0 Å². The van der Waals surface area contributed by atoms with E-state index in [1.165, 1.54) is 28.0 Å². The van der Waals surface area contributed by atoms with Crippen LogP contribution in [-0.4, -0.2) is 25.6 Å². The zero-order valence-corrected chi connectivity index (χ0v) is 10.5. The van der Waals surface area contributed by atoms with Crippen LogP contribution in [0, 0.1) is 0 Å². The lowest BCUT2D eigenvalue weighted by Gasteiger charge is -2.00. The van der Waals surface area contributed by atoms with Crippen molar-refractivity contribution in [2.75, 3.05) is 0 Å². The molecule has 0 aliphatic rings. The molecular formula is C12H9N3O3S. The number of hydrogen-bond acceptors (Lipinski definition) is 4. The molecule has 19 heavy (non-hydrogen) atoms. The van der Waals surface area contributed by atoms with Crippen molar-refractivity contribution in [2.24, 2.45) is 0 Å². The van der Waals surface area contributed by atoms with Crippen LogP contribution in [0.4, 0.5) is 0 Å². The van der Waals surface area contributed by atoms with Gasteiger partial charge in [0, 0.05) is 5.38 Å². The Kier molecular flexibility index (Phi) is 2.68. The number of imidazole rings is 1. The first kappa shape index (κ1) is 11.7. The Bertz CT molecular complexity index is 801. The average Bonchev–Trinajstić information content (AvgIpc) is 2.98. The molecule has 0 aliphatic heterocycles. The number of carbonyl (C=O) groups is 1. The van der Waals surface area contributed by atoms with Crippen molar-refractivity contribution >= 4 is 28.3 Å². The van der Waals surface area contributed by atoms with Crippen LogP contribution < -0.4 is 5.69 Å². The SMILES string of the molecule is O=C(O)c1ccc2c(c1)[nH]c(=O)n2Cc1cscn1. The predicted octanol–water partition coefficient (Wildman–Crippen LogP) is 1.53. The molecular weight excluding hydrogens is 266 g/mol. The third-order valence-electron chi connectivity index (χ3n) is 2.82. The first-order valence-electron chi connectivity index (χ1n) is 5.48. The summed E-state index contributed by atoms with van der Waals surface area (Å²) in [5.41, 5.74) is 3.57. The van der Waals surface area contributed by atoms with Gasteiger partial charge in [0.2, 0.25) is 0 Å². The predicted molar refractivity (Wildman–Crippen MR) is 70.7 cm³/mol. The molecule has 6 nitrogen and oxygen atoms in total. The van der Waals surface area contributed by atoms with Gasteiger partial charge in [0.05, 0.1) is 34.3 Å². The summed E-state index contributed by atoms with van der Waals surface area (Å²) in [5, 5.41) is 10.8. The molecule has 0 saturated carbocycles. The van der Waals surface area contributed by atoms with E-state index in [-0.39, 0.29) is 11.3 Å². The van der Waals surface area contributed by atoms with Gasteiger partial charge < -0.3 is 10.1 Å². The van der Waals surface area contributed by atoms with Gasteiger partial charge in [-0.25, -0.2) is 14.6 Å². The molecule has 2 heterocycles. The Morgan fingerprint density at radius 1 is 1.47 bits per heavy atom. The Labute approximate surface area is 111 Å². The van der Waals surface area contributed by atoms with Gasteiger partial charge in [-0.2, -0.15) is 0 Å². The zero-order valence-electron chi connectivity index (χ0n) is 9.66. The maximum absolute atomic E-state index is 11.9. The number of carboxylic acids is 1. The molecule has 2 aromatic heterocycles. The summed E-state index contributed by atoms with van der Waals surface area (Å²) in [7, 11) is 0. The molecule has 0 saturated heterocycles. The summed E-state index contributed by atoms with van der Waals surface area (Å²) in [6.45, 7) is 0.370. The second kappa shape index (κ2) is 4.36. The fraction of sp³-hybridized carbons (Fsp3) is 0.0833. The lowest BCUT2D eigenvalue weighted by Crippen LogP contribution is -2.17. The number of nitrogens with zero attached hydrogens (tertiary/aromatic N) is 2. The van der Waals surface area contributed by atoms with E-state index >= 15 is 0 Å². The summed E-state index contributed by atoms with van der Waals surface area (Å²) in [4.78, 5) is 29.6. The van der Waals surface area contributed by atoms with Crippen molar-refractivity contribution in [1.82, 2.24) is 14.5 Å². The number of H-pyrrole nitrogens is 1. The maximum atomic E-state index is 11.9. The highest BCUT2D eigenvalue weighted by Crippen LogP contribution is 2.14. The van der Waals surface area contributed by atoms with Crippen molar-refractivity contribution in [2.45, 2.75) is 6.54 Å². The average molecular weight is 275 g/mol. The van der Waals surface area contributed by atoms with Gasteiger partial charge in [-0.1, -0.05) is 0 Å². The van der Waals surface area contributed by atoms with Crippen LogP contribution in [0.2, 0.25) is 0 Å². The number of aromatic nitrogens is 3.